The van der Waals surface area contributed by atoms with Crippen LogP contribution in [0.15, 0.2) is 0 Å². The van der Waals surface area contributed by atoms with Gasteiger partial charge in [0.05, 0.1) is 0 Å². The first-order valence-corrected chi connectivity index (χ1v) is 15.0. The van der Waals surface area contributed by atoms with Gasteiger partial charge in [-0.05, 0) is 103 Å². The molecule has 0 aliphatic rings. The number of amides is 2. The Morgan fingerprint density at radius 1 is 0.565 bits per heavy atom. The predicted octanol–water partition coefficient (Wildman–Crippen LogP) is 1.61. The van der Waals surface area contributed by atoms with Crippen molar-refractivity contribution < 1.29 is 88.2 Å². The fraction of sp³-hybridized carbons (Fsp3) is 0.806. The number of alkyl carbamates (subject to hydrolysis) is 2. The summed E-state index contributed by atoms with van der Waals surface area (Å²) in [5.74, 6) is -2.96. The number of hydrogen-bond acceptors (Lipinski definition) is 12. The van der Waals surface area contributed by atoms with Crippen LogP contribution < -0.4 is 40.2 Å². The summed E-state index contributed by atoms with van der Waals surface area (Å²) >= 11 is 0. The summed E-state index contributed by atoms with van der Waals surface area (Å²) in [6.45, 7) is 21.1. The van der Waals surface area contributed by atoms with Crippen molar-refractivity contribution in [2.24, 2.45) is 0 Å². The van der Waals surface area contributed by atoms with E-state index in [9.17, 15) is 28.8 Å². The molecule has 0 aliphatic heterocycles. The number of ether oxygens (including phenoxy) is 6. The SMILES string of the molecule is CC(COC(=O)[C@H](CCC(=O)OC(C)(C)C)NC(=O)OC(C)(C)C)OC(=O)[C@H](CCC(=O)OC(C)(C)C)NC(=O)OC(C)(C)C.[H-].[Na+]. The van der Waals surface area contributed by atoms with Gasteiger partial charge in [0.25, 0.3) is 0 Å². The second kappa shape index (κ2) is 19.3. The third-order valence-electron chi connectivity index (χ3n) is 4.84. The van der Waals surface area contributed by atoms with Crippen molar-refractivity contribution in [3.8, 4) is 0 Å². The molecule has 15 heteroatoms. The van der Waals surface area contributed by atoms with Crippen LogP contribution in [0.4, 0.5) is 9.59 Å². The maximum absolute atomic E-state index is 13.0. The second-order valence-corrected chi connectivity index (χ2v) is 14.5. The van der Waals surface area contributed by atoms with Gasteiger partial charge in [0, 0.05) is 12.8 Å². The Morgan fingerprint density at radius 3 is 1.22 bits per heavy atom. The Hall–Kier alpha value is -2.58. The third-order valence-corrected chi connectivity index (χ3v) is 4.84. The molecule has 0 bridgehead atoms. The van der Waals surface area contributed by atoms with Crippen LogP contribution in [0.1, 0.15) is 117 Å². The first-order chi connectivity index (χ1) is 20.2. The molecule has 2 amide bonds. The van der Waals surface area contributed by atoms with E-state index in [-0.39, 0.29) is 56.7 Å². The van der Waals surface area contributed by atoms with Crippen molar-refractivity contribution in [3.05, 3.63) is 0 Å². The van der Waals surface area contributed by atoms with Crippen molar-refractivity contribution in [3.63, 3.8) is 0 Å². The van der Waals surface area contributed by atoms with E-state index < -0.39 is 83.3 Å². The van der Waals surface area contributed by atoms with Gasteiger partial charge in [0.1, 0.15) is 47.2 Å². The zero-order chi connectivity index (χ0) is 35.4. The van der Waals surface area contributed by atoms with Crippen molar-refractivity contribution in [1.82, 2.24) is 10.6 Å². The summed E-state index contributed by atoms with van der Waals surface area (Å²) in [4.78, 5) is 75.1. The standard InChI is InChI=1S/C31H54N2O12.Na.H/c1-19(41-25(37)21(33-27(39)45-31(11,12)13)15-17-23(35)43-29(5,6)7)18-40-24(36)20(32-26(38)44-30(8,9)10)14-16-22(34)42-28(2,3)4;;/h19-21H,14-18H2,1-13H3,(H,32,38)(H,33,39);;/q;+1;-1/t19?,20-,21-;;/m0../s1. The van der Waals surface area contributed by atoms with E-state index in [4.69, 9.17) is 28.4 Å². The Bertz CT molecular complexity index is 1040. The summed E-state index contributed by atoms with van der Waals surface area (Å²) in [6.07, 6.45) is -3.49. The van der Waals surface area contributed by atoms with Gasteiger partial charge in [-0.25, -0.2) is 19.2 Å². The molecule has 0 radical (unpaired) electrons. The number of esters is 4. The van der Waals surface area contributed by atoms with Crippen LogP contribution in [-0.4, -0.2) is 83.3 Å². The van der Waals surface area contributed by atoms with E-state index in [0.717, 1.165) is 0 Å². The van der Waals surface area contributed by atoms with E-state index >= 15 is 0 Å². The van der Waals surface area contributed by atoms with Crippen LogP contribution in [0.2, 0.25) is 0 Å². The Labute approximate surface area is 296 Å². The molecule has 0 heterocycles. The summed E-state index contributed by atoms with van der Waals surface area (Å²) in [7, 11) is 0. The molecule has 0 rings (SSSR count). The molecule has 0 aromatic rings. The third kappa shape index (κ3) is 24.6. The van der Waals surface area contributed by atoms with E-state index in [1.54, 1.807) is 83.1 Å². The molecule has 14 nitrogen and oxygen atoms in total. The number of carbonyl (C=O) groups is 6. The average molecular weight is 671 g/mol. The summed E-state index contributed by atoms with van der Waals surface area (Å²) in [6, 6.07) is -2.55. The Morgan fingerprint density at radius 2 is 0.891 bits per heavy atom. The Kier molecular flexibility index (Phi) is 19.1. The average Bonchev–Trinajstić information content (AvgIpc) is 2.78. The molecule has 0 aliphatic carbocycles. The van der Waals surface area contributed by atoms with Crippen LogP contribution >= 0.6 is 0 Å². The maximum Gasteiger partial charge on any atom is 1.00 e. The monoisotopic (exact) mass is 670 g/mol. The maximum atomic E-state index is 13.0. The number of carbonyl (C=O) groups excluding carboxylic acids is 6. The van der Waals surface area contributed by atoms with Crippen LogP contribution in [0.3, 0.4) is 0 Å². The molecule has 0 spiro atoms. The molecular weight excluding hydrogens is 615 g/mol. The molecular formula is C31H55N2NaO12. The van der Waals surface area contributed by atoms with Crippen molar-refractivity contribution in [2.45, 2.75) is 156 Å². The fourth-order valence-electron chi connectivity index (χ4n) is 3.32. The second-order valence-electron chi connectivity index (χ2n) is 14.5. The molecule has 0 saturated carbocycles. The predicted molar refractivity (Wildman–Crippen MR) is 164 cm³/mol. The zero-order valence-corrected chi connectivity index (χ0v) is 32.2. The molecule has 0 fully saturated rings. The van der Waals surface area contributed by atoms with Crippen LogP contribution in [-0.2, 0) is 47.6 Å². The summed E-state index contributed by atoms with van der Waals surface area (Å²) in [5, 5.41) is 4.81. The van der Waals surface area contributed by atoms with Gasteiger partial charge in [-0.15, -0.1) is 0 Å². The van der Waals surface area contributed by atoms with Gasteiger partial charge in [-0.2, -0.15) is 0 Å². The Balaban J connectivity index is -0.00000968. The molecule has 262 valence electrons. The molecule has 1 unspecified atom stereocenters. The van der Waals surface area contributed by atoms with E-state index in [1.165, 1.54) is 6.92 Å². The summed E-state index contributed by atoms with van der Waals surface area (Å²) in [5.41, 5.74) is -3.18. The normalized spacial score (nSPS) is 13.8. The van der Waals surface area contributed by atoms with Gasteiger partial charge < -0.3 is 40.5 Å². The van der Waals surface area contributed by atoms with E-state index in [2.05, 4.69) is 10.6 Å². The molecule has 0 aromatic carbocycles. The fourth-order valence-corrected chi connectivity index (χ4v) is 3.32. The molecule has 2 N–H and O–H groups in total. The largest absolute Gasteiger partial charge is 1.00 e. The van der Waals surface area contributed by atoms with Gasteiger partial charge >= 0.3 is 65.6 Å². The smallest absolute Gasteiger partial charge is 1.00 e. The molecule has 0 aromatic heterocycles. The molecule has 0 saturated heterocycles. The van der Waals surface area contributed by atoms with Crippen molar-refractivity contribution >= 4 is 36.1 Å². The number of hydrogen-bond donors (Lipinski definition) is 2. The molecule has 46 heavy (non-hydrogen) atoms. The number of nitrogens with one attached hydrogen (secondary N) is 2. The first kappa shape index (κ1) is 45.5. The minimum atomic E-state index is -1.28. The topological polar surface area (TPSA) is 182 Å². The molecule has 3 atom stereocenters. The van der Waals surface area contributed by atoms with Gasteiger partial charge in [-0.1, -0.05) is 0 Å². The first-order valence-electron chi connectivity index (χ1n) is 15.0. The zero-order valence-electron chi connectivity index (χ0n) is 31.2. The van der Waals surface area contributed by atoms with Crippen molar-refractivity contribution in [1.29, 1.82) is 0 Å². The van der Waals surface area contributed by atoms with E-state index in [1.807, 2.05) is 0 Å². The van der Waals surface area contributed by atoms with Crippen LogP contribution in [0, 0.1) is 0 Å². The van der Waals surface area contributed by atoms with Gasteiger partial charge in [-0.3, -0.25) is 9.59 Å². The minimum absolute atomic E-state index is 0. The van der Waals surface area contributed by atoms with Crippen LogP contribution in [0.25, 0.3) is 0 Å². The minimum Gasteiger partial charge on any atom is -1.00 e. The quantitative estimate of drug-likeness (QED) is 0.164. The van der Waals surface area contributed by atoms with E-state index in [0.29, 0.717) is 0 Å². The van der Waals surface area contributed by atoms with Crippen LogP contribution in [0.5, 0.6) is 0 Å². The van der Waals surface area contributed by atoms with Gasteiger partial charge in [0.15, 0.2) is 0 Å². The van der Waals surface area contributed by atoms with Crippen molar-refractivity contribution in [2.75, 3.05) is 6.61 Å². The van der Waals surface area contributed by atoms with Gasteiger partial charge in [0.2, 0.25) is 0 Å². The summed E-state index contributed by atoms with van der Waals surface area (Å²) < 4.78 is 31.7. The number of rotatable bonds is 13.